The third kappa shape index (κ3) is 2.27. The fourth-order valence-corrected chi connectivity index (χ4v) is 2.46. The fourth-order valence-electron chi connectivity index (χ4n) is 2.28. The van der Waals surface area contributed by atoms with E-state index in [1.807, 2.05) is 13.1 Å². The van der Waals surface area contributed by atoms with Crippen LogP contribution < -0.4 is 0 Å². The molecule has 0 atom stereocenters. The standard InChI is InChI=1S/C13H15ClN4/c1-8(2)13-9(3)10(5-15)6-18(13)7-11-4-12(14)17-16-11/h4,6,8H,7H2,1-3H3,(H,16,17). The van der Waals surface area contributed by atoms with E-state index in [-0.39, 0.29) is 0 Å². The zero-order chi connectivity index (χ0) is 13.3. The lowest BCUT2D eigenvalue weighted by molar-refractivity contribution is 0.676. The molecule has 18 heavy (non-hydrogen) atoms. The predicted octanol–water partition coefficient (Wildman–Crippen LogP) is 3.22. The second-order valence-electron chi connectivity index (χ2n) is 4.66. The summed E-state index contributed by atoms with van der Waals surface area (Å²) in [6, 6.07) is 4.03. The average Bonchev–Trinajstić information content (AvgIpc) is 2.83. The van der Waals surface area contributed by atoms with Gasteiger partial charge in [-0.2, -0.15) is 10.4 Å². The van der Waals surface area contributed by atoms with Crippen molar-refractivity contribution in [3.05, 3.63) is 39.9 Å². The minimum atomic E-state index is 0.366. The number of rotatable bonds is 3. The van der Waals surface area contributed by atoms with Gasteiger partial charge < -0.3 is 4.57 Å². The average molecular weight is 263 g/mol. The summed E-state index contributed by atoms with van der Waals surface area (Å²) in [6.45, 7) is 6.89. The maximum Gasteiger partial charge on any atom is 0.151 e. The van der Waals surface area contributed by atoms with Crippen molar-refractivity contribution in [2.24, 2.45) is 0 Å². The van der Waals surface area contributed by atoms with Gasteiger partial charge in [-0.3, -0.25) is 5.10 Å². The molecule has 0 aliphatic heterocycles. The van der Waals surface area contributed by atoms with Crippen LogP contribution in [0.5, 0.6) is 0 Å². The van der Waals surface area contributed by atoms with Gasteiger partial charge >= 0.3 is 0 Å². The van der Waals surface area contributed by atoms with Gasteiger partial charge in [0.15, 0.2) is 5.15 Å². The van der Waals surface area contributed by atoms with Crippen molar-refractivity contribution in [2.45, 2.75) is 33.2 Å². The van der Waals surface area contributed by atoms with Crippen molar-refractivity contribution in [3.8, 4) is 6.07 Å². The first-order valence-corrected chi connectivity index (χ1v) is 6.20. The number of aromatic amines is 1. The second-order valence-corrected chi connectivity index (χ2v) is 5.05. The molecule has 0 fully saturated rings. The molecule has 2 heterocycles. The molecule has 0 bridgehead atoms. The van der Waals surface area contributed by atoms with E-state index in [9.17, 15) is 0 Å². The lowest BCUT2D eigenvalue weighted by Crippen LogP contribution is -2.06. The zero-order valence-electron chi connectivity index (χ0n) is 10.7. The molecule has 5 heteroatoms. The topological polar surface area (TPSA) is 57.4 Å². The molecule has 2 rings (SSSR count). The minimum absolute atomic E-state index is 0.366. The molecule has 2 aromatic heterocycles. The SMILES string of the molecule is Cc1c(C#N)cn(Cc2cc(Cl)n[nH]2)c1C(C)C. The summed E-state index contributed by atoms with van der Waals surface area (Å²) < 4.78 is 2.09. The van der Waals surface area contributed by atoms with E-state index in [2.05, 4.69) is 34.7 Å². The smallest absolute Gasteiger partial charge is 0.151 e. The largest absolute Gasteiger partial charge is 0.344 e. The first-order chi connectivity index (χ1) is 8.52. The quantitative estimate of drug-likeness (QED) is 0.923. The van der Waals surface area contributed by atoms with Crippen molar-refractivity contribution < 1.29 is 0 Å². The number of nitrogens with one attached hydrogen (secondary N) is 1. The molecule has 1 N–H and O–H groups in total. The van der Waals surface area contributed by atoms with Crippen LogP contribution in [0.1, 0.15) is 42.3 Å². The summed E-state index contributed by atoms with van der Waals surface area (Å²) in [5, 5.41) is 16.3. The molecule has 0 aliphatic rings. The normalized spacial score (nSPS) is 10.9. The highest BCUT2D eigenvalue weighted by molar-refractivity contribution is 6.29. The number of hydrogen-bond donors (Lipinski definition) is 1. The number of H-pyrrole nitrogens is 1. The van der Waals surface area contributed by atoms with Crippen LogP contribution in [0.25, 0.3) is 0 Å². The summed E-state index contributed by atoms with van der Waals surface area (Å²) in [5.41, 5.74) is 3.89. The van der Waals surface area contributed by atoms with Gasteiger partial charge in [-0.15, -0.1) is 0 Å². The van der Waals surface area contributed by atoms with Gasteiger partial charge in [-0.1, -0.05) is 25.4 Å². The lowest BCUT2D eigenvalue weighted by atomic mass is 10.0. The van der Waals surface area contributed by atoms with Crippen LogP contribution in [0, 0.1) is 18.3 Å². The van der Waals surface area contributed by atoms with E-state index in [0.717, 1.165) is 16.8 Å². The van der Waals surface area contributed by atoms with E-state index in [0.29, 0.717) is 17.6 Å². The van der Waals surface area contributed by atoms with Crippen molar-refractivity contribution >= 4 is 11.6 Å². The van der Waals surface area contributed by atoms with Crippen LogP contribution in [0.4, 0.5) is 0 Å². The van der Waals surface area contributed by atoms with E-state index >= 15 is 0 Å². The van der Waals surface area contributed by atoms with Crippen LogP contribution in [0.2, 0.25) is 5.15 Å². The predicted molar refractivity (Wildman–Crippen MR) is 70.7 cm³/mol. The summed E-state index contributed by atoms with van der Waals surface area (Å²) >= 11 is 5.79. The molecular weight excluding hydrogens is 248 g/mol. The van der Waals surface area contributed by atoms with E-state index in [1.165, 1.54) is 5.69 Å². The van der Waals surface area contributed by atoms with E-state index < -0.39 is 0 Å². The lowest BCUT2D eigenvalue weighted by Gasteiger charge is -2.12. The van der Waals surface area contributed by atoms with Crippen molar-refractivity contribution in [1.82, 2.24) is 14.8 Å². The number of hydrogen-bond acceptors (Lipinski definition) is 2. The molecule has 0 amide bonds. The van der Waals surface area contributed by atoms with Gasteiger partial charge in [-0.05, 0) is 24.5 Å². The van der Waals surface area contributed by atoms with Gasteiger partial charge in [0, 0.05) is 11.9 Å². The first-order valence-electron chi connectivity index (χ1n) is 5.82. The van der Waals surface area contributed by atoms with Crippen molar-refractivity contribution in [1.29, 1.82) is 5.26 Å². The number of nitrogens with zero attached hydrogens (tertiary/aromatic N) is 3. The highest BCUT2D eigenvalue weighted by atomic mass is 35.5. The summed E-state index contributed by atoms with van der Waals surface area (Å²) in [7, 11) is 0. The monoisotopic (exact) mass is 262 g/mol. The van der Waals surface area contributed by atoms with Gasteiger partial charge in [0.1, 0.15) is 6.07 Å². The van der Waals surface area contributed by atoms with Crippen LogP contribution in [0.15, 0.2) is 12.3 Å². The van der Waals surface area contributed by atoms with E-state index in [1.54, 1.807) is 6.07 Å². The van der Waals surface area contributed by atoms with Gasteiger partial charge in [0.2, 0.25) is 0 Å². The maximum absolute atomic E-state index is 9.10. The highest BCUT2D eigenvalue weighted by Crippen LogP contribution is 2.24. The van der Waals surface area contributed by atoms with Crippen LogP contribution in [-0.2, 0) is 6.54 Å². The summed E-state index contributed by atoms with van der Waals surface area (Å²) in [4.78, 5) is 0. The number of nitriles is 1. The molecule has 0 unspecified atom stereocenters. The zero-order valence-corrected chi connectivity index (χ0v) is 11.4. The van der Waals surface area contributed by atoms with Gasteiger partial charge in [-0.25, -0.2) is 0 Å². The molecule has 0 saturated heterocycles. The number of halogens is 1. The summed E-state index contributed by atoms with van der Waals surface area (Å²) in [6.07, 6.45) is 1.89. The Morgan fingerprint density at radius 2 is 2.28 bits per heavy atom. The Kier molecular flexibility index (Phi) is 3.44. The van der Waals surface area contributed by atoms with Crippen LogP contribution >= 0.6 is 11.6 Å². The van der Waals surface area contributed by atoms with Crippen molar-refractivity contribution in [2.75, 3.05) is 0 Å². The van der Waals surface area contributed by atoms with Crippen molar-refractivity contribution in [3.63, 3.8) is 0 Å². The Hall–Kier alpha value is -1.73. The Balaban J connectivity index is 2.41. The molecule has 4 nitrogen and oxygen atoms in total. The van der Waals surface area contributed by atoms with E-state index in [4.69, 9.17) is 16.9 Å². The highest BCUT2D eigenvalue weighted by Gasteiger charge is 2.15. The third-order valence-corrected chi connectivity index (χ3v) is 3.18. The third-order valence-electron chi connectivity index (χ3n) is 2.99. The molecule has 0 saturated carbocycles. The second kappa shape index (κ2) is 4.87. The minimum Gasteiger partial charge on any atom is -0.344 e. The summed E-state index contributed by atoms with van der Waals surface area (Å²) in [5.74, 6) is 0.366. The fraction of sp³-hybridized carbons (Fsp3) is 0.385. The Bertz CT molecular complexity index is 601. The number of aromatic nitrogens is 3. The molecule has 2 aromatic rings. The molecule has 0 aliphatic carbocycles. The molecule has 0 aromatic carbocycles. The maximum atomic E-state index is 9.10. The van der Waals surface area contributed by atoms with Gasteiger partial charge in [0.05, 0.1) is 17.8 Å². The van der Waals surface area contributed by atoms with Crippen LogP contribution in [-0.4, -0.2) is 14.8 Å². The van der Waals surface area contributed by atoms with Crippen LogP contribution in [0.3, 0.4) is 0 Å². The molecule has 0 spiro atoms. The molecule has 0 radical (unpaired) electrons. The first kappa shape index (κ1) is 12.7. The van der Waals surface area contributed by atoms with Gasteiger partial charge in [0.25, 0.3) is 0 Å². The Labute approximate surface area is 111 Å². The molecular formula is C13H15ClN4. The Morgan fingerprint density at radius 3 is 2.78 bits per heavy atom. The Morgan fingerprint density at radius 1 is 1.56 bits per heavy atom. The molecule has 94 valence electrons.